The van der Waals surface area contributed by atoms with Crippen molar-refractivity contribution in [3.8, 4) is 11.5 Å². The zero-order chi connectivity index (χ0) is 14.3. The Kier molecular flexibility index (Phi) is 6.69. The van der Waals surface area contributed by atoms with Crippen LogP contribution < -0.4 is 9.47 Å². The molecule has 0 aliphatic heterocycles. The summed E-state index contributed by atoms with van der Waals surface area (Å²) < 4.78 is 12.1. The molecule has 1 aromatic rings. The highest BCUT2D eigenvalue weighted by Crippen LogP contribution is 2.34. The highest BCUT2D eigenvalue weighted by Gasteiger charge is 2.11. The predicted molar refractivity (Wildman–Crippen MR) is 82.8 cm³/mol. The van der Waals surface area contributed by atoms with Crippen LogP contribution >= 0.6 is 22.6 Å². The lowest BCUT2D eigenvalue weighted by molar-refractivity contribution is -0.131. The van der Waals surface area contributed by atoms with Crippen molar-refractivity contribution in [2.24, 2.45) is 0 Å². The fraction of sp³-hybridized carbons (Fsp3) is 0.357. The molecular weight excluding hydrogens is 359 g/mol. The van der Waals surface area contributed by atoms with Gasteiger partial charge in [0.15, 0.2) is 11.5 Å². The van der Waals surface area contributed by atoms with Crippen LogP contribution in [-0.4, -0.2) is 24.3 Å². The number of ether oxygens (including phenoxy) is 2. The van der Waals surface area contributed by atoms with Crippen LogP contribution in [0.25, 0.3) is 6.08 Å². The van der Waals surface area contributed by atoms with Crippen LogP contribution in [0.5, 0.6) is 11.5 Å². The highest BCUT2D eigenvalue weighted by molar-refractivity contribution is 14.1. The Morgan fingerprint density at radius 2 is 2.11 bits per heavy atom. The topological polar surface area (TPSA) is 55.8 Å². The van der Waals surface area contributed by atoms with Gasteiger partial charge in [-0.15, -0.1) is 0 Å². The summed E-state index contributed by atoms with van der Waals surface area (Å²) in [5.41, 5.74) is 0.777. The van der Waals surface area contributed by atoms with E-state index in [0.717, 1.165) is 27.4 Å². The first-order valence-electron chi connectivity index (χ1n) is 6.08. The molecule has 0 aliphatic carbocycles. The van der Waals surface area contributed by atoms with Crippen LogP contribution in [0.3, 0.4) is 0 Å². The molecule has 0 atom stereocenters. The maximum atomic E-state index is 10.5. The summed E-state index contributed by atoms with van der Waals surface area (Å²) in [6.07, 6.45) is 3.56. The van der Waals surface area contributed by atoms with Gasteiger partial charge < -0.3 is 14.6 Å². The maximum Gasteiger partial charge on any atom is 0.328 e. The molecule has 1 N–H and O–H groups in total. The minimum atomic E-state index is -0.973. The molecule has 0 spiro atoms. The molecule has 0 bridgehead atoms. The molecule has 0 heterocycles. The van der Waals surface area contributed by atoms with Crippen molar-refractivity contribution in [3.63, 3.8) is 0 Å². The van der Waals surface area contributed by atoms with Gasteiger partial charge in [0.05, 0.1) is 16.8 Å². The van der Waals surface area contributed by atoms with Crippen molar-refractivity contribution in [1.29, 1.82) is 0 Å². The lowest BCUT2D eigenvalue weighted by Crippen LogP contribution is -2.02. The number of hydrogen-bond donors (Lipinski definition) is 1. The van der Waals surface area contributed by atoms with E-state index < -0.39 is 5.97 Å². The Labute approximate surface area is 126 Å². The molecule has 1 aromatic carbocycles. The van der Waals surface area contributed by atoms with Crippen molar-refractivity contribution < 1.29 is 19.4 Å². The van der Waals surface area contributed by atoms with E-state index in [4.69, 9.17) is 14.6 Å². The molecule has 19 heavy (non-hydrogen) atoms. The molecular formula is C14H17IO4. The monoisotopic (exact) mass is 376 g/mol. The standard InChI is InChI=1S/C14H17IO4/c1-3-7-19-14-11(15)8-10(5-6-13(16)17)9-12(14)18-4-2/h5-6,8-9H,3-4,7H2,1-2H3,(H,16,17)/b6-5+. The number of carbonyl (C=O) groups is 1. The number of aliphatic carboxylic acids is 1. The van der Waals surface area contributed by atoms with E-state index in [1.807, 2.05) is 19.9 Å². The molecule has 0 saturated heterocycles. The second-order valence-corrected chi connectivity index (χ2v) is 4.95. The van der Waals surface area contributed by atoms with Gasteiger partial charge in [-0.2, -0.15) is 0 Å². The zero-order valence-electron chi connectivity index (χ0n) is 11.0. The number of rotatable bonds is 7. The molecule has 5 heteroatoms. The average molecular weight is 376 g/mol. The van der Waals surface area contributed by atoms with Gasteiger partial charge in [-0.3, -0.25) is 0 Å². The molecule has 0 aliphatic rings. The zero-order valence-corrected chi connectivity index (χ0v) is 13.1. The third-order valence-electron chi connectivity index (χ3n) is 2.20. The van der Waals surface area contributed by atoms with Crippen molar-refractivity contribution >= 4 is 34.6 Å². The van der Waals surface area contributed by atoms with Crippen LogP contribution in [0.1, 0.15) is 25.8 Å². The maximum absolute atomic E-state index is 10.5. The molecule has 1 rings (SSSR count). The first-order valence-corrected chi connectivity index (χ1v) is 7.16. The van der Waals surface area contributed by atoms with Crippen LogP contribution in [0, 0.1) is 3.57 Å². The minimum absolute atomic E-state index is 0.532. The van der Waals surface area contributed by atoms with Crippen LogP contribution in [0.15, 0.2) is 18.2 Å². The first-order chi connectivity index (χ1) is 9.08. The third kappa shape index (κ3) is 5.10. The lowest BCUT2D eigenvalue weighted by Gasteiger charge is -2.14. The van der Waals surface area contributed by atoms with Gasteiger partial charge in [0, 0.05) is 6.08 Å². The van der Waals surface area contributed by atoms with Gasteiger partial charge in [-0.25, -0.2) is 4.79 Å². The Hall–Kier alpha value is -1.24. The molecule has 0 aromatic heterocycles. The molecule has 0 saturated carbocycles. The van der Waals surface area contributed by atoms with Gasteiger partial charge >= 0.3 is 5.97 Å². The Morgan fingerprint density at radius 1 is 1.37 bits per heavy atom. The van der Waals surface area contributed by atoms with Crippen molar-refractivity contribution in [2.75, 3.05) is 13.2 Å². The molecule has 0 amide bonds. The molecule has 104 valence electrons. The van der Waals surface area contributed by atoms with Crippen LogP contribution in [0.4, 0.5) is 0 Å². The van der Waals surface area contributed by atoms with Crippen LogP contribution in [0.2, 0.25) is 0 Å². The summed E-state index contributed by atoms with van der Waals surface area (Å²) >= 11 is 2.16. The highest BCUT2D eigenvalue weighted by atomic mass is 127. The minimum Gasteiger partial charge on any atom is -0.490 e. The van der Waals surface area contributed by atoms with E-state index in [-0.39, 0.29) is 0 Å². The summed E-state index contributed by atoms with van der Waals surface area (Å²) in [7, 11) is 0. The van der Waals surface area contributed by atoms with Crippen molar-refractivity contribution in [3.05, 3.63) is 27.3 Å². The van der Waals surface area contributed by atoms with Gasteiger partial charge in [-0.1, -0.05) is 6.92 Å². The molecule has 0 unspecified atom stereocenters. The molecule has 0 fully saturated rings. The van der Waals surface area contributed by atoms with E-state index in [1.165, 1.54) is 6.08 Å². The summed E-state index contributed by atoms with van der Waals surface area (Å²) in [4.78, 5) is 10.5. The Morgan fingerprint density at radius 3 is 2.68 bits per heavy atom. The van der Waals surface area contributed by atoms with E-state index >= 15 is 0 Å². The lowest BCUT2D eigenvalue weighted by atomic mass is 10.2. The number of carboxylic acids is 1. The summed E-state index contributed by atoms with van der Waals surface area (Å²) in [5, 5.41) is 8.64. The number of benzene rings is 1. The van der Waals surface area contributed by atoms with Crippen LogP contribution in [-0.2, 0) is 4.79 Å². The summed E-state index contributed by atoms with van der Waals surface area (Å²) in [6, 6.07) is 3.66. The van der Waals surface area contributed by atoms with Gasteiger partial charge in [-0.05, 0) is 59.7 Å². The van der Waals surface area contributed by atoms with Gasteiger partial charge in [0.2, 0.25) is 0 Å². The fourth-order valence-electron chi connectivity index (χ4n) is 1.46. The smallest absolute Gasteiger partial charge is 0.328 e. The molecule has 4 nitrogen and oxygen atoms in total. The summed E-state index contributed by atoms with van der Waals surface area (Å²) in [5.74, 6) is 0.393. The second kappa shape index (κ2) is 8.04. The number of halogens is 1. The van der Waals surface area contributed by atoms with Crippen molar-refractivity contribution in [2.45, 2.75) is 20.3 Å². The normalized spacial score (nSPS) is 10.7. The van der Waals surface area contributed by atoms with Gasteiger partial charge in [0.1, 0.15) is 0 Å². The van der Waals surface area contributed by atoms with Crippen molar-refractivity contribution in [1.82, 2.24) is 0 Å². The van der Waals surface area contributed by atoms with E-state index in [0.29, 0.717) is 19.0 Å². The third-order valence-corrected chi connectivity index (χ3v) is 3.00. The van der Waals surface area contributed by atoms with E-state index in [1.54, 1.807) is 6.07 Å². The second-order valence-electron chi connectivity index (χ2n) is 3.78. The molecule has 0 radical (unpaired) electrons. The Bertz CT molecular complexity index is 469. The quantitative estimate of drug-likeness (QED) is 0.584. The predicted octanol–water partition coefficient (Wildman–Crippen LogP) is 3.58. The average Bonchev–Trinajstić information content (AvgIpc) is 2.36. The summed E-state index contributed by atoms with van der Waals surface area (Å²) in [6.45, 7) is 5.10. The van der Waals surface area contributed by atoms with Gasteiger partial charge in [0.25, 0.3) is 0 Å². The van der Waals surface area contributed by atoms with E-state index in [9.17, 15) is 4.79 Å². The first kappa shape index (κ1) is 15.8. The Balaban J connectivity index is 3.08. The SMILES string of the molecule is CCCOc1c(I)cc(/C=C/C(=O)O)cc1OCC. The van der Waals surface area contributed by atoms with E-state index in [2.05, 4.69) is 22.6 Å². The number of hydrogen-bond acceptors (Lipinski definition) is 3. The largest absolute Gasteiger partial charge is 0.490 e. The fourth-order valence-corrected chi connectivity index (χ4v) is 2.24. The number of carboxylic acid groups (broad SMARTS) is 1.